The van der Waals surface area contributed by atoms with Crippen LogP contribution in [0.1, 0.15) is 400 Å². The molecule has 0 radical (unpaired) electrons. The molecule has 0 bridgehead atoms. The molecule has 0 aliphatic rings. The van der Waals surface area contributed by atoms with Gasteiger partial charge in [0.2, 0.25) is 0 Å². The number of hydrogen-bond acceptors (Lipinski definition) is 6. The minimum Gasteiger partial charge on any atom is -0.462 e. The van der Waals surface area contributed by atoms with Gasteiger partial charge in [-0.25, -0.2) is 0 Å². The summed E-state index contributed by atoms with van der Waals surface area (Å²) in [7, 11) is 0. The van der Waals surface area contributed by atoms with Crippen molar-refractivity contribution in [3.05, 3.63) is 36.5 Å². The molecule has 0 rings (SSSR count). The zero-order valence-corrected chi connectivity index (χ0v) is 54.1. The summed E-state index contributed by atoms with van der Waals surface area (Å²) < 4.78 is 17.0. The highest BCUT2D eigenvalue weighted by Crippen LogP contribution is 2.18. The topological polar surface area (TPSA) is 78.9 Å². The van der Waals surface area contributed by atoms with E-state index in [4.69, 9.17) is 14.2 Å². The average molecular weight is 1120 g/mol. The maximum absolute atomic E-state index is 13.0. The predicted octanol–water partition coefficient (Wildman–Crippen LogP) is 24.7. The number of carbonyl (C=O) groups is 3. The van der Waals surface area contributed by atoms with Crippen molar-refractivity contribution in [2.45, 2.75) is 406 Å². The largest absolute Gasteiger partial charge is 0.462 e. The number of hydrogen-bond donors (Lipinski definition) is 0. The number of esters is 3. The van der Waals surface area contributed by atoms with E-state index in [9.17, 15) is 14.4 Å². The summed E-state index contributed by atoms with van der Waals surface area (Å²) in [6, 6.07) is 0. The van der Waals surface area contributed by atoms with Crippen LogP contribution in [0.3, 0.4) is 0 Å². The molecule has 0 aliphatic heterocycles. The summed E-state index contributed by atoms with van der Waals surface area (Å²) in [6.45, 7) is 6.71. The minimum absolute atomic E-state index is 0.0688. The quantitative estimate of drug-likeness (QED) is 0.0261. The monoisotopic (exact) mass is 1120 g/mol. The molecule has 0 N–H and O–H groups in total. The second-order valence-corrected chi connectivity index (χ2v) is 24.5. The minimum atomic E-state index is -0.774. The SMILES string of the molecule is CCCCCCC/C=C\C/C=C\CCCCCCCCCCCC(=O)OC(COC(=O)CCCCCCCCCCCCC/C=C\CCCCCCCCCC)COC(=O)CCCCCCCCCCCCCCCCCCCC. The average Bonchev–Trinajstić information content (AvgIpc) is 3.46. The van der Waals surface area contributed by atoms with Gasteiger partial charge in [-0.2, -0.15) is 0 Å². The van der Waals surface area contributed by atoms with Crippen LogP contribution >= 0.6 is 0 Å². The van der Waals surface area contributed by atoms with Gasteiger partial charge in [0.1, 0.15) is 13.2 Å². The van der Waals surface area contributed by atoms with Crippen molar-refractivity contribution < 1.29 is 28.6 Å². The maximum Gasteiger partial charge on any atom is 0.306 e. The van der Waals surface area contributed by atoms with Gasteiger partial charge < -0.3 is 14.2 Å². The van der Waals surface area contributed by atoms with E-state index in [0.29, 0.717) is 19.3 Å². The number of allylic oxidation sites excluding steroid dienone is 6. The molecule has 0 aromatic heterocycles. The third kappa shape index (κ3) is 66.4. The van der Waals surface area contributed by atoms with E-state index in [-0.39, 0.29) is 31.1 Å². The molecule has 1 unspecified atom stereocenters. The van der Waals surface area contributed by atoms with E-state index < -0.39 is 6.10 Å². The van der Waals surface area contributed by atoms with Gasteiger partial charge in [-0.15, -0.1) is 0 Å². The first kappa shape index (κ1) is 77.6. The first-order valence-corrected chi connectivity index (χ1v) is 36.0. The molecule has 0 aromatic carbocycles. The van der Waals surface area contributed by atoms with Gasteiger partial charge in [0.05, 0.1) is 0 Å². The Hall–Kier alpha value is -2.37. The number of unbranched alkanes of at least 4 members (excludes halogenated alkanes) is 50. The Morgan fingerprint density at radius 1 is 0.250 bits per heavy atom. The van der Waals surface area contributed by atoms with Crippen LogP contribution in [0.25, 0.3) is 0 Å². The molecule has 0 saturated heterocycles. The molecule has 0 heterocycles. The second kappa shape index (κ2) is 69.1. The van der Waals surface area contributed by atoms with Crippen LogP contribution in [0.15, 0.2) is 36.5 Å². The Bertz CT molecular complexity index is 1340. The zero-order chi connectivity index (χ0) is 57.8. The lowest BCUT2D eigenvalue weighted by molar-refractivity contribution is -0.167. The Kier molecular flexibility index (Phi) is 67.1. The third-order valence-electron chi connectivity index (χ3n) is 16.4. The van der Waals surface area contributed by atoms with Crippen molar-refractivity contribution in [2.75, 3.05) is 13.2 Å². The van der Waals surface area contributed by atoms with E-state index in [2.05, 4.69) is 57.2 Å². The molecular weight excluding hydrogens is 985 g/mol. The standard InChI is InChI=1S/C74H138O6/c1-4-7-10-13-16-19-22-25-28-31-34-36-37-39-40-43-46-49-52-55-58-61-64-67-73(76)79-70-71(69-78-72(75)66-63-60-57-54-51-48-45-42-33-30-27-24-21-18-15-12-9-6-3)80-74(77)68-65-62-59-56-53-50-47-44-41-38-35-32-29-26-23-20-17-14-11-8-5-2/h23,26,31-32,34-35,71H,4-22,24-25,27-30,33,36-70H2,1-3H3/b26-23-,34-31-,35-32-. The lowest BCUT2D eigenvalue weighted by Gasteiger charge is -2.18. The maximum atomic E-state index is 13.0. The lowest BCUT2D eigenvalue weighted by atomic mass is 10.0. The summed E-state index contributed by atoms with van der Waals surface area (Å²) in [4.78, 5) is 38.5. The van der Waals surface area contributed by atoms with Crippen molar-refractivity contribution in [1.82, 2.24) is 0 Å². The number of carbonyl (C=O) groups excluding carboxylic acids is 3. The Morgan fingerprint density at radius 2 is 0.450 bits per heavy atom. The van der Waals surface area contributed by atoms with Crippen LogP contribution < -0.4 is 0 Å². The van der Waals surface area contributed by atoms with Gasteiger partial charge in [0.15, 0.2) is 6.10 Å². The second-order valence-electron chi connectivity index (χ2n) is 24.5. The molecule has 0 saturated carbocycles. The predicted molar refractivity (Wildman–Crippen MR) is 349 cm³/mol. The molecule has 1 atom stereocenters. The van der Waals surface area contributed by atoms with Crippen LogP contribution in [-0.4, -0.2) is 37.2 Å². The van der Waals surface area contributed by atoms with Crippen molar-refractivity contribution in [3.63, 3.8) is 0 Å². The van der Waals surface area contributed by atoms with Gasteiger partial charge in [-0.1, -0.05) is 340 Å². The fourth-order valence-corrected chi connectivity index (χ4v) is 10.9. The molecule has 0 aliphatic carbocycles. The van der Waals surface area contributed by atoms with E-state index in [1.165, 1.54) is 295 Å². The van der Waals surface area contributed by atoms with Crippen molar-refractivity contribution in [3.8, 4) is 0 Å². The van der Waals surface area contributed by atoms with Gasteiger partial charge in [0.25, 0.3) is 0 Å². The van der Waals surface area contributed by atoms with Crippen molar-refractivity contribution >= 4 is 17.9 Å². The van der Waals surface area contributed by atoms with Gasteiger partial charge in [0, 0.05) is 19.3 Å². The van der Waals surface area contributed by atoms with Crippen molar-refractivity contribution in [2.24, 2.45) is 0 Å². The summed E-state index contributed by atoms with van der Waals surface area (Å²) in [5.74, 6) is -0.842. The fourth-order valence-electron chi connectivity index (χ4n) is 10.9. The van der Waals surface area contributed by atoms with E-state index in [0.717, 1.165) is 64.2 Å². The molecule has 80 heavy (non-hydrogen) atoms. The summed E-state index contributed by atoms with van der Waals surface area (Å²) in [5, 5.41) is 0. The molecule has 0 aromatic rings. The summed E-state index contributed by atoms with van der Waals surface area (Å²) in [6.07, 6.45) is 85.9. The highest BCUT2D eigenvalue weighted by Gasteiger charge is 2.19. The Balaban J connectivity index is 4.31. The van der Waals surface area contributed by atoms with E-state index >= 15 is 0 Å². The molecule has 0 spiro atoms. The van der Waals surface area contributed by atoms with E-state index in [1.807, 2.05) is 0 Å². The van der Waals surface area contributed by atoms with Crippen LogP contribution in [0.5, 0.6) is 0 Å². The van der Waals surface area contributed by atoms with E-state index in [1.54, 1.807) is 0 Å². The van der Waals surface area contributed by atoms with Gasteiger partial charge in [-0.05, 0) is 77.0 Å². The lowest BCUT2D eigenvalue weighted by Crippen LogP contribution is -2.30. The highest BCUT2D eigenvalue weighted by atomic mass is 16.6. The molecule has 0 amide bonds. The summed E-state index contributed by atoms with van der Waals surface area (Å²) >= 11 is 0. The first-order valence-electron chi connectivity index (χ1n) is 36.0. The number of rotatable bonds is 67. The van der Waals surface area contributed by atoms with Gasteiger partial charge in [-0.3, -0.25) is 14.4 Å². The normalized spacial score (nSPS) is 12.2. The first-order chi connectivity index (χ1) is 39.5. The molecule has 6 nitrogen and oxygen atoms in total. The third-order valence-corrected chi connectivity index (χ3v) is 16.4. The molecular formula is C74H138O6. The highest BCUT2D eigenvalue weighted by molar-refractivity contribution is 5.71. The van der Waals surface area contributed by atoms with Crippen LogP contribution in [0, 0.1) is 0 Å². The molecule has 470 valence electrons. The summed E-state index contributed by atoms with van der Waals surface area (Å²) in [5.41, 5.74) is 0. The van der Waals surface area contributed by atoms with Crippen molar-refractivity contribution in [1.29, 1.82) is 0 Å². The zero-order valence-electron chi connectivity index (χ0n) is 54.1. The fraction of sp³-hybridized carbons (Fsp3) is 0.878. The number of ether oxygens (including phenoxy) is 3. The van der Waals surface area contributed by atoms with Crippen LogP contribution in [0.4, 0.5) is 0 Å². The van der Waals surface area contributed by atoms with Crippen LogP contribution in [-0.2, 0) is 28.6 Å². The smallest absolute Gasteiger partial charge is 0.306 e. The van der Waals surface area contributed by atoms with Crippen LogP contribution in [0.2, 0.25) is 0 Å². The molecule has 0 fully saturated rings. The Morgan fingerprint density at radius 3 is 0.700 bits per heavy atom. The Labute approximate surface area is 499 Å². The van der Waals surface area contributed by atoms with Gasteiger partial charge >= 0.3 is 17.9 Å². The molecule has 6 heteroatoms.